The fourth-order valence-electron chi connectivity index (χ4n) is 2.20. The molecule has 100 valence electrons. The van der Waals surface area contributed by atoms with Gasteiger partial charge in [0.2, 0.25) is 0 Å². The SMILES string of the molecule is O=S1(=O)CCC(C(Br)Cc2c(F)cccc2F)C1. The number of benzene rings is 1. The highest BCUT2D eigenvalue weighted by Crippen LogP contribution is 2.29. The van der Waals surface area contributed by atoms with Gasteiger partial charge in [0, 0.05) is 10.4 Å². The molecule has 1 aliphatic heterocycles. The van der Waals surface area contributed by atoms with Crippen LogP contribution in [0.3, 0.4) is 0 Å². The number of halogens is 3. The highest BCUT2D eigenvalue weighted by molar-refractivity contribution is 9.09. The molecule has 1 aromatic carbocycles. The predicted octanol–water partition coefficient (Wildman–Crippen LogP) is 2.71. The fraction of sp³-hybridized carbons (Fsp3) is 0.500. The number of sulfone groups is 1. The summed E-state index contributed by atoms with van der Waals surface area (Å²) in [5.41, 5.74) is 0.0173. The summed E-state index contributed by atoms with van der Waals surface area (Å²) in [7, 11) is -2.97. The molecule has 2 rings (SSSR count). The second kappa shape index (κ2) is 5.25. The van der Waals surface area contributed by atoms with Crippen LogP contribution >= 0.6 is 15.9 Å². The molecule has 2 nitrogen and oxygen atoms in total. The largest absolute Gasteiger partial charge is 0.229 e. The van der Waals surface area contributed by atoms with E-state index >= 15 is 0 Å². The van der Waals surface area contributed by atoms with Crippen LogP contribution in [-0.4, -0.2) is 24.8 Å². The molecule has 0 saturated carbocycles. The van der Waals surface area contributed by atoms with Gasteiger partial charge in [0.25, 0.3) is 0 Å². The molecule has 0 bridgehead atoms. The van der Waals surface area contributed by atoms with Crippen molar-refractivity contribution in [2.75, 3.05) is 11.5 Å². The Kier molecular flexibility index (Phi) is 4.06. The van der Waals surface area contributed by atoms with E-state index in [4.69, 9.17) is 0 Å². The summed E-state index contributed by atoms with van der Waals surface area (Å²) in [6, 6.07) is 3.74. The van der Waals surface area contributed by atoms with Gasteiger partial charge >= 0.3 is 0 Å². The normalized spacial score (nSPS) is 24.1. The van der Waals surface area contributed by atoms with Gasteiger partial charge in [-0.25, -0.2) is 17.2 Å². The molecule has 1 heterocycles. The summed E-state index contributed by atoms with van der Waals surface area (Å²) in [6.45, 7) is 0. The minimum absolute atomic E-state index is 0.0173. The third-order valence-electron chi connectivity index (χ3n) is 3.24. The fourth-order valence-corrected chi connectivity index (χ4v) is 5.10. The predicted molar refractivity (Wildman–Crippen MR) is 69.5 cm³/mol. The maximum atomic E-state index is 13.5. The van der Waals surface area contributed by atoms with E-state index in [1.54, 1.807) is 0 Å². The monoisotopic (exact) mass is 338 g/mol. The molecule has 1 fully saturated rings. The number of hydrogen-bond donors (Lipinski definition) is 0. The third kappa shape index (κ3) is 3.09. The van der Waals surface area contributed by atoms with Crippen LogP contribution in [0.4, 0.5) is 8.78 Å². The van der Waals surface area contributed by atoms with Gasteiger partial charge in [0.15, 0.2) is 9.84 Å². The molecule has 0 aromatic heterocycles. The van der Waals surface area contributed by atoms with Crippen molar-refractivity contribution < 1.29 is 17.2 Å². The third-order valence-corrected chi connectivity index (χ3v) is 6.11. The Morgan fingerprint density at radius 3 is 2.44 bits per heavy atom. The first kappa shape index (κ1) is 13.9. The lowest BCUT2D eigenvalue weighted by Crippen LogP contribution is -2.19. The van der Waals surface area contributed by atoms with E-state index in [9.17, 15) is 17.2 Å². The zero-order valence-electron chi connectivity index (χ0n) is 9.57. The van der Waals surface area contributed by atoms with Gasteiger partial charge in [0.1, 0.15) is 11.6 Å². The van der Waals surface area contributed by atoms with E-state index in [0.29, 0.717) is 6.42 Å². The Bertz CT molecular complexity index is 525. The van der Waals surface area contributed by atoms with E-state index in [1.807, 2.05) is 0 Å². The first-order valence-electron chi connectivity index (χ1n) is 5.66. The molecular formula is C12H13BrF2O2S. The van der Waals surface area contributed by atoms with Crippen LogP contribution in [-0.2, 0) is 16.3 Å². The van der Waals surface area contributed by atoms with Crippen molar-refractivity contribution in [1.29, 1.82) is 0 Å². The molecule has 0 amide bonds. The average Bonchev–Trinajstić information content (AvgIpc) is 2.64. The van der Waals surface area contributed by atoms with Crippen molar-refractivity contribution in [3.8, 4) is 0 Å². The minimum atomic E-state index is -2.97. The lowest BCUT2D eigenvalue weighted by atomic mass is 9.98. The van der Waals surface area contributed by atoms with Gasteiger partial charge < -0.3 is 0 Å². The zero-order valence-corrected chi connectivity index (χ0v) is 12.0. The van der Waals surface area contributed by atoms with Gasteiger partial charge in [-0.1, -0.05) is 22.0 Å². The summed E-state index contributed by atoms with van der Waals surface area (Å²) in [5, 5.41) is 0. The summed E-state index contributed by atoms with van der Waals surface area (Å²) < 4.78 is 49.7. The van der Waals surface area contributed by atoms with Crippen molar-refractivity contribution in [3.05, 3.63) is 35.4 Å². The quantitative estimate of drug-likeness (QED) is 0.794. The Morgan fingerprint density at radius 1 is 1.33 bits per heavy atom. The van der Waals surface area contributed by atoms with Crippen molar-refractivity contribution >= 4 is 25.8 Å². The number of hydrogen-bond acceptors (Lipinski definition) is 2. The molecule has 18 heavy (non-hydrogen) atoms. The standard InChI is InChI=1S/C12H13BrF2O2S/c13-10(8-4-5-18(16,17)7-8)6-9-11(14)2-1-3-12(9)15/h1-3,8,10H,4-7H2. The summed E-state index contributed by atoms with van der Waals surface area (Å²) in [6.07, 6.45) is 0.715. The Morgan fingerprint density at radius 2 is 1.94 bits per heavy atom. The lowest BCUT2D eigenvalue weighted by Gasteiger charge is -2.16. The van der Waals surface area contributed by atoms with Crippen LogP contribution in [0.5, 0.6) is 0 Å². The minimum Gasteiger partial charge on any atom is -0.229 e. The van der Waals surface area contributed by atoms with Gasteiger partial charge in [-0.3, -0.25) is 0 Å². The van der Waals surface area contributed by atoms with Gasteiger partial charge in [-0.15, -0.1) is 0 Å². The molecule has 2 unspecified atom stereocenters. The molecule has 1 aliphatic rings. The summed E-state index contributed by atoms with van der Waals surface area (Å²) >= 11 is 3.36. The van der Waals surface area contributed by atoms with E-state index in [2.05, 4.69) is 15.9 Å². The Labute approximate surface area is 113 Å². The molecule has 0 spiro atoms. The van der Waals surface area contributed by atoms with Gasteiger partial charge in [-0.2, -0.15) is 0 Å². The van der Waals surface area contributed by atoms with Gasteiger partial charge in [-0.05, 0) is 30.9 Å². The van der Waals surface area contributed by atoms with Crippen molar-refractivity contribution in [2.24, 2.45) is 5.92 Å². The van der Waals surface area contributed by atoms with Crippen molar-refractivity contribution in [1.82, 2.24) is 0 Å². The van der Waals surface area contributed by atoms with Crippen LogP contribution in [0.1, 0.15) is 12.0 Å². The first-order valence-corrected chi connectivity index (χ1v) is 8.40. The highest BCUT2D eigenvalue weighted by atomic mass is 79.9. The highest BCUT2D eigenvalue weighted by Gasteiger charge is 2.33. The Hall–Kier alpha value is -0.490. The topological polar surface area (TPSA) is 34.1 Å². The van der Waals surface area contributed by atoms with Crippen LogP contribution in [0.2, 0.25) is 0 Å². The smallest absolute Gasteiger partial charge is 0.150 e. The van der Waals surface area contributed by atoms with Crippen molar-refractivity contribution in [2.45, 2.75) is 17.7 Å². The van der Waals surface area contributed by atoms with Crippen LogP contribution in [0.15, 0.2) is 18.2 Å². The second-order valence-electron chi connectivity index (χ2n) is 4.58. The molecule has 6 heteroatoms. The van der Waals surface area contributed by atoms with Crippen LogP contribution in [0, 0.1) is 17.6 Å². The average molecular weight is 339 g/mol. The van der Waals surface area contributed by atoms with E-state index in [-0.39, 0.29) is 34.2 Å². The molecular weight excluding hydrogens is 326 g/mol. The lowest BCUT2D eigenvalue weighted by molar-refractivity contribution is 0.519. The summed E-state index contributed by atoms with van der Waals surface area (Å²) in [5.74, 6) is -0.979. The molecule has 0 aliphatic carbocycles. The van der Waals surface area contributed by atoms with E-state index < -0.39 is 21.5 Å². The molecule has 0 N–H and O–H groups in total. The molecule has 2 atom stereocenters. The maximum Gasteiger partial charge on any atom is 0.150 e. The molecule has 0 radical (unpaired) electrons. The van der Waals surface area contributed by atoms with Gasteiger partial charge in [0.05, 0.1) is 11.5 Å². The maximum absolute atomic E-state index is 13.5. The van der Waals surface area contributed by atoms with E-state index in [0.717, 1.165) is 0 Å². The number of alkyl halides is 1. The second-order valence-corrected chi connectivity index (χ2v) is 7.99. The first-order chi connectivity index (χ1) is 8.39. The van der Waals surface area contributed by atoms with E-state index in [1.165, 1.54) is 18.2 Å². The van der Waals surface area contributed by atoms with Crippen molar-refractivity contribution in [3.63, 3.8) is 0 Å². The summed E-state index contributed by atoms with van der Waals surface area (Å²) in [4.78, 5) is -0.221. The van der Waals surface area contributed by atoms with Crippen LogP contribution < -0.4 is 0 Å². The molecule has 1 aromatic rings. The number of rotatable bonds is 3. The zero-order chi connectivity index (χ0) is 13.3. The molecule has 1 saturated heterocycles. The van der Waals surface area contributed by atoms with Crippen LogP contribution in [0.25, 0.3) is 0 Å². The Balaban J connectivity index is 2.10.